The van der Waals surface area contributed by atoms with Crippen LogP contribution in [0.2, 0.25) is 10.0 Å². The summed E-state index contributed by atoms with van der Waals surface area (Å²) in [7, 11) is 0. The van der Waals surface area contributed by atoms with Crippen molar-refractivity contribution in [2.45, 2.75) is 33.4 Å². The fraction of sp³-hybridized carbons (Fsp3) is 0.219. The number of aromatic nitrogens is 1. The van der Waals surface area contributed by atoms with Crippen LogP contribution in [0.25, 0.3) is 6.08 Å². The summed E-state index contributed by atoms with van der Waals surface area (Å²) in [5.41, 5.74) is 2.88. The predicted octanol–water partition coefficient (Wildman–Crippen LogP) is 6.08. The molecule has 0 amide bonds. The number of hydrogen-bond donors (Lipinski definition) is 0. The van der Waals surface area contributed by atoms with Crippen LogP contribution in [0.1, 0.15) is 43.5 Å². The molecular formula is C32H28Cl2N2O5S. The summed E-state index contributed by atoms with van der Waals surface area (Å²) in [6, 6.07) is 19.4. The topological polar surface area (TPSA) is 79.1 Å². The maximum absolute atomic E-state index is 13.9. The third kappa shape index (κ3) is 6.16. The summed E-state index contributed by atoms with van der Waals surface area (Å²) in [5, 5.41) is 1.18. The number of fused-ring (bicyclic) bond motifs is 1. The van der Waals surface area contributed by atoms with Crippen molar-refractivity contribution in [2.75, 3.05) is 13.2 Å². The number of benzene rings is 3. The normalized spacial score (nSPS) is 14.8. The van der Waals surface area contributed by atoms with E-state index in [1.165, 1.54) is 11.3 Å². The summed E-state index contributed by atoms with van der Waals surface area (Å²) in [4.78, 5) is 32.1. The molecule has 0 radical (unpaired) electrons. The zero-order valence-corrected chi connectivity index (χ0v) is 25.6. The van der Waals surface area contributed by atoms with Crippen LogP contribution in [-0.2, 0) is 16.1 Å². The largest absolute Gasteiger partial charge is 0.490 e. The van der Waals surface area contributed by atoms with Crippen LogP contribution in [0.15, 0.2) is 87.8 Å². The fourth-order valence-corrected chi connectivity index (χ4v) is 6.04. The van der Waals surface area contributed by atoms with E-state index < -0.39 is 12.0 Å². The van der Waals surface area contributed by atoms with E-state index in [9.17, 15) is 9.59 Å². The van der Waals surface area contributed by atoms with Gasteiger partial charge in [-0.1, -0.05) is 70.9 Å². The molecule has 7 nitrogen and oxygen atoms in total. The van der Waals surface area contributed by atoms with E-state index in [1.54, 1.807) is 48.8 Å². The first-order valence-corrected chi connectivity index (χ1v) is 15.0. The number of thiazole rings is 1. The quantitative estimate of drug-likeness (QED) is 0.211. The van der Waals surface area contributed by atoms with Crippen LogP contribution in [-0.4, -0.2) is 23.8 Å². The Morgan fingerprint density at radius 1 is 1.00 bits per heavy atom. The number of hydrogen-bond acceptors (Lipinski definition) is 7. The molecular weight excluding hydrogens is 595 g/mol. The van der Waals surface area contributed by atoms with Gasteiger partial charge in [0.1, 0.15) is 6.61 Å². The molecule has 1 aliphatic rings. The van der Waals surface area contributed by atoms with Gasteiger partial charge in [-0.2, -0.15) is 0 Å². The standard InChI is InChI=1S/C32H28Cl2N2O5S/c1-4-39-26-16-20(10-15-25(26)41-18-22-8-6-7-9-24(22)34)17-27-30(37)36-29(21-11-13-23(33)14-12-21)28(31(38)40-5-2)19(3)35-32(36)42-27/h6-17,29H,4-5,18H2,1-3H3/b27-17+. The first kappa shape index (κ1) is 29.6. The summed E-state index contributed by atoms with van der Waals surface area (Å²) in [6.07, 6.45) is 1.78. The highest BCUT2D eigenvalue weighted by molar-refractivity contribution is 7.07. The first-order chi connectivity index (χ1) is 20.3. The number of rotatable bonds is 9. The molecule has 2 heterocycles. The van der Waals surface area contributed by atoms with E-state index in [0.29, 0.717) is 48.8 Å². The second-order valence-electron chi connectivity index (χ2n) is 9.37. The highest BCUT2D eigenvalue weighted by Gasteiger charge is 2.33. The van der Waals surface area contributed by atoms with E-state index in [4.69, 9.17) is 37.4 Å². The lowest BCUT2D eigenvalue weighted by molar-refractivity contribution is -0.139. The van der Waals surface area contributed by atoms with Gasteiger partial charge in [-0.25, -0.2) is 9.79 Å². The Kier molecular flexibility index (Phi) is 9.16. The molecule has 5 rings (SSSR count). The number of allylic oxidation sites excluding steroid dienone is 1. The third-order valence-electron chi connectivity index (χ3n) is 6.61. The number of carbonyl (C=O) groups excluding carboxylic acids is 1. The Balaban J connectivity index is 1.55. The van der Waals surface area contributed by atoms with E-state index in [2.05, 4.69) is 4.99 Å². The Labute approximate surface area is 256 Å². The SMILES string of the molecule is CCOC(=O)C1=C(C)N=c2s/c(=C/c3ccc(OCc4ccccc4Cl)c(OCC)c3)c(=O)n2C1c1ccc(Cl)cc1. The van der Waals surface area contributed by atoms with Crippen molar-refractivity contribution in [3.05, 3.63) is 124 Å². The second kappa shape index (κ2) is 13.0. The van der Waals surface area contributed by atoms with Crippen molar-refractivity contribution in [1.82, 2.24) is 4.57 Å². The molecule has 1 aliphatic heterocycles. The fourth-order valence-electron chi connectivity index (χ4n) is 4.68. The van der Waals surface area contributed by atoms with Crippen molar-refractivity contribution in [1.29, 1.82) is 0 Å². The van der Waals surface area contributed by atoms with Crippen molar-refractivity contribution in [3.8, 4) is 11.5 Å². The van der Waals surface area contributed by atoms with Gasteiger partial charge in [0.25, 0.3) is 5.56 Å². The highest BCUT2D eigenvalue weighted by atomic mass is 35.5. The zero-order valence-electron chi connectivity index (χ0n) is 23.2. The number of ether oxygens (including phenoxy) is 3. The minimum Gasteiger partial charge on any atom is -0.490 e. The summed E-state index contributed by atoms with van der Waals surface area (Å²) in [6.45, 7) is 6.30. The minimum absolute atomic E-state index is 0.202. The van der Waals surface area contributed by atoms with Crippen LogP contribution in [0.4, 0.5) is 0 Å². The lowest BCUT2D eigenvalue weighted by Crippen LogP contribution is -2.39. The Bertz CT molecular complexity index is 1840. The lowest BCUT2D eigenvalue weighted by Gasteiger charge is -2.24. The molecule has 0 aliphatic carbocycles. The molecule has 1 aromatic heterocycles. The Morgan fingerprint density at radius 2 is 1.76 bits per heavy atom. The van der Waals surface area contributed by atoms with Gasteiger partial charge in [0.15, 0.2) is 16.3 Å². The van der Waals surface area contributed by atoms with Gasteiger partial charge in [-0.15, -0.1) is 0 Å². The van der Waals surface area contributed by atoms with Gasteiger partial charge in [-0.3, -0.25) is 9.36 Å². The molecule has 0 saturated heterocycles. The van der Waals surface area contributed by atoms with Crippen LogP contribution in [0, 0.1) is 0 Å². The van der Waals surface area contributed by atoms with Crippen molar-refractivity contribution < 1.29 is 19.0 Å². The number of esters is 1. The molecule has 42 heavy (non-hydrogen) atoms. The molecule has 10 heteroatoms. The van der Waals surface area contributed by atoms with Crippen molar-refractivity contribution >= 4 is 46.6 Å². The second-order valence-corrected chi connectivity index (χ2v) is 11.2. The molecule has 3 aromatic carbocycles. The average Bonchev–Trinajstić information content (AvgIpc) is 3.27. The van der Waals surface area contributed by atoms with Crippen molar-refractivity contribution in [3.63, 3.8) is 0 Å². The highest BCUT2D eigenvalue weighted by Crippen LogP contribution is 2.32. The number of halogens is 2. The minimum atomic E-state index is -0.709. The van der Waals surface area contributed by atoms with Gasteiger partial charge in [-0.05, 0) is 68.3 Å². The Morgan fingerprint density at radius 3 is 2.48 bits per heavy atom. The van der Waals surface area contributed by atoms with Gasteiger partial charge in [0.2, 0.25) is 0 Å². The molecule has 0 saturated carbocycles. The van der Waals surface area contributed by atoms with E-state index in [1.807, 2.05) is 49.4 Å². The average molecular weight is 624 g/mol. The Hall–Kier alpha value is -3.85. The van der Waals surface area contributed by atoms with Gasteiger partial charge < -0.3 is 14.2 Å². The monoisotopic (exact) mass is 622 g/mol. The molecule has 1 unspecified atom stereocenters. The summed E-state index contributed by atoms with van der Waals surface area (Å²) >= 11 is 13.7. The smallest absolute Gasteiger partial charge is 0.338 e. The first-order valence-electron chi connectivity index (χ1n) is 13.4. The summed E-state index contributed by atoms with van der Waals surface area (Å²) in [5.74, 6) is 0.597. The third-order valence-corrected chi connectivity index (χ3v) is 8.21. The number of nitrogens with zero attached hydrogens (tertiary/aromatic N) is 2. The molecule has 0 spiro atoms. The van der Waals surface area contributed by atoms with Crippen LogP contribution in [0.5, 0.6) is 11.5 Å². The van der Waals surface area contributed by atoms with Gasteiger partial charge in [0.05, 0.1) is 35.1 Å². The molecule has 4 aromatic rings. The predicted molar refractivity (Wildman–Crippen MR) is 165 cm³/mol. The molecule has 0 N–H and O–H groups in total. The van der Waals surface area contributed by atoms with Crippen molar-refractivity contribution in [2.24, 2.45) is 4.99 Å². The van der Waals surface area contributed by atoms with Gasteiger partial charge in [0, 0.05) is 15.6 Å². The van der Waals surface area contributed by atoms with E-state index >= 15 is 0 Å². The van der Waals surface area contributed by atoms with Gasteiger partial charge >= 0.3 is 5.97 Å². The van der Waals surface area contributed by atoms with E-state index in [-0.39, 0.29) is 18.8 Å². The molecule has 0 bridgehead atoms. The molecule has 0 fully saturated rings. The maximum atomic E-state index is 13.9. The van der Waals surface area contributed by atoms with Crippen LogP contribution in [0.3, 0.4) is 0 Å². The molecule has 1 atom stereocenters. The number of carbonyl (C=O) groups is 1. The zero-order chi connectivity index (χ0) is 29.8. The maximum Gasteiger partial charge on any atom is 0.338 e. The van der Waals surface area contributed by atoms with Crippen LogP contribution >= 0.6 is 34.5 Å². The lowest BCUT2D eigenvalue weighted by atomic mass is 9.96. The summed E-state index contributed by atoms with van der Waals surface area (Å²) < 4.78 is 19.2. The molecule has 216 valence electrons. The van der Waals surface area contributed by atoms with E-state index in [0.717, 1.165) is 16.7 Å². The van der Waals surface area contributed by atoms with Crippen LogP contribution < -0.4 is 24.4 Å².